The van der Waals surface area contributed by atoms with Crippen molar-refractivity contribution in [2.24, 2.45) is 0 Å². The summed E-state index contributed by atoms with van der Waals surface area (Å²) in [6.07, 6.45) is 3.38. The summed E-state index contributed by atoms with van der Waals surface area (Å²) in [4.78, 5) is 4.37. The molecule has 1 unspecified atom stereocenters. The van der Waals surface area contributed by atoms with Crippen LogP contribution >= 0.6 is 0 Å². The van der Waals surface area contributed by atoms with Gasteiger partial charge in [0.05, 0.1) is 0 Å². The van der Waals surface area contributed by atoms with Gasteiger partial charge in [0.1, 0.15) is 18.0 Å². The predicted octanol–water partition coefficient (Wildman–Crippen LogP) is 3.28. The van der Waals surface area contributed by atoms with Crippen LogP contribution in [0, 0.1) is 5.82 Å². The Bertz CT molecular complexity index is 548. The van der Waals surface area contributed by atoms with E-state index in [2.05, 4.69) is 36.2 Å². The summed E-state index contributed by atoms with van der Waals surface area (Å²) in [6, 6.07) is 7.07. The molecule has 1 aromatic heterocycles. The second kappa shape index (κ2) is 7.31. The molecule has 2 rings (SSSR count). The lowest BCUT2D eigenvalue weighted by molar-refractivity contribution is 0.462. The Morgan fingerprint density at radius 1 is 1.24 bits per heavy atom. The van der Waals surface area contributed by atoms with E-state index in [0.717, 1.165) is 30.8 Å². The van der Waals surface area contributed by atoms with E-state index >= 15 is 0 Å². The molecule has 21 heavy (non-hydrogen) atoms. The SMILES string of the molecule is CCCNC(Cc1ncnn1C(C)C)c1ccc(F)cc1. The van der Waals surface area contributed by atoms with Gasteiger partial charge in [-0.2, -0.15) is 5.10 Å². The zero-order valence-electron chi connectivity index (χ0n) is 12.9. The number of benzene rings is 1. The van der Waals surface area contributed by atoms with Crippen molar-refractivity contribution in [2.45, 2.75) is 45.7 Å². The van der Waals surface area contributed by atoms with E-state index in [0.29, 0.717) is 0 Å². The molecule has 0 spiro atoms. The van der Waals surface area contributed by atoms with Crippen LogP contribution in [0.3, 0.4) is 0 Å². The van der Waals surface area contributed by atoms with Crippen molar-refractivity contribution in [1.82, 2.24) is 20.1 Å². The van der Waals surface area contributed by atoms with Gasteiger partial charge in [-0.1, -0.05) is 19.1 Å². The van der Waals surface area contributed by atoms with Crippen LogP contribution in [-0.2, 0) is 6.42 Å². The van der Waals surface area contributed by atoms with Crippen molar-refractivity contribution in [3.63, 3.8) is 0 Å². The van der Waals surface area contributed by atoms with Gasteiger partial charge < -0.3 is 5.32 Å². The molecular formula is C16H23FN4. The number of nitrogens with zero attached hydrogens (tertiary/aromatic N) is 3. The fraction of sp³-hybridized carbons (Fsp3) is 0.500. The molecule has 114 valence electrons. The lowest BCUT2D eigenvalue weighted by atomic mass is 10.0. The molecule has 0 saturated heterocycles. The lowest BCUT2D eigenvalue weighted by Crippen LogP contribution is -2.25. The van der Waals surface area contributed by atoms with Gasteiger partial charge in [0.2, 0.25) is 0 Å². The van der Waals surface area contributed by atoms with Gasteiger partial charge >= 0.3 is 0 Å². The normalized spacial score (nSPS) is 12.8. The highest BCUT2D eigenvalue weighted by Gasteiger charge is 2.16. The van der Waals surface area contributed by atoms with E-state index in [1.165, 1.54) is 12.1 Å². The van der Waals surface area contributed by atoms with Crippen LogP contribution in [0.4, 0.5) is 4.39 Å². The maximum atomic E-state index is 13.1. The van der Waals surface area contributed by atoms with Crippen molar-refractivity contribution in [2.75, 3.05) is 6.54 Å². The number of hydrogen-bond acceptors (Lipinski definition) is 3. The first-order valence-electron chi connectivity index (χ1n) is 7.49. The topological polar surface area (TPSA) is 42.7 Å². The molecule has 0 fully saturated rings. The largest absolute Gasteiger partial charge is 0.310 e. The summed E-state index contributed by atoms with van der Waals surface area (Å²) in [5.41, 5.74) is 1.07. The Morgan fingerprint density at radius 3 is 2.57 bits per heavy atom. The molecule has 0 radical (unpaired) electrons. The molecular weight excluding hydrogens is 267 g/mol. The first-order valence-corrected chi connectivity index (χ1v) is 7.49. The van der Waals surface area contributed by atoms with Crippen LogP contribution in [0.25, 0.3) is 0 Å². The number of aromatic nitrogens is 3. The summed E-state index contributed by atoms with van der Waals surface area (Å²) in [5.74, 6) is 0.737. The zero-order chi connectivity index (χ0) is 15.2. The summed E-state index contributed by atoms with van der Waals surface area (Å²) in [6.45, 7) is 7.22. The van der Waals surface area contributed by atoms with E-state index in [4.69, 9.17) is 0 Å². The third-order valence-electron chi connectivity index (χ3n) is 3.44. The van der Waals surface area contributed by atoms with Crippen molar-refractivity contribution in [1.29, 1.82) is 0 Å². The molecule has 0 amide bonds. The van der Waals surface area contributed by atoms with Crippen LogP contribution in [0.2, 0.25) is 0 Å². The Hall–Kier alpha value is -1.75. The number of hydrogen-bond donors (Lipinski definition) is 1. The van der Waals surface area contributed by atoms with E-state index in [-0.39, 0.29) is 17.9 Å². The Morgan fingerprint density at radius 2 is 1.95 bits per heavy atom. The van der Waals surface area contributed by atoms with Crippen LogP contribution in [0.5, 0.6) is 0 Å². The highest BCUT2D eigenvalue weighted by Crippen LogP contribution is 2.19. The molecule has 1 aromatic carbocycles. The molecule has 1 atom stereocenters. The minimum atomic E-state index is -0.210. The van der Waals surface area contributed by atoms with E-state index in [1.807, 2.05) is 16.8 Å². The van der Waals surface area contributed by atoms with Crippen molar-refractivity contribution in [3.8, 4) is 0 Å². The lowest BCUT2D eigenvalue weighted by Gasteiger charge is -2.20. The average molecular weight is 290 g/mol. The Balaban J connectivity index is 2.19. The number of halogens is 1. The minimum absolute atomic E-state index is 0.118. The molecule has 0 saturated carbocycles. The van der Waals surface area contributed by atoms with Gasteiger partial charge in [0.15, 0.2) is 0 Å². The third-order valence-corrected chi connectivity index (χ3v) is 3.44. The second-order valence-electron chi connectivity index (χ2n) is 5.48. The minimum Gasteiger partial charge on any atom is -0.310 e. The molecule has 1 N–H and O–H groups in total. The van der Waals surface area contributed by atoms with Gasteiger partial charge in [0.25, 0.3) is 0 Å². The monoisotopic (exact) mass is 290 g/mol. The van der Waals surface area contributed by atoms with E-state index < -0.39 is 0 Å². The summed E-state index contributed by atoms with van der Waals surface area (Å²) in [7, 11) is 0. The first kappa shape index (κ1) is 15.6. The van der Waals surface area contributed by atoms with Gasteiger partial charge in [-0.3, -0.25) is 0 Å². The molecule has 0 bridgehead atoms. The summed E-state index contributed by atoms with van der Waals surface area (Å²) in [5, 5.41) is 7.78. The second-order valence-corrected chi connectivity index (χ2v) is 5.48. The van der Waals surface area contributed by atoms with Crippen LogP contribution in [-0.4, -0.2) is 21.3 Å². The highest BCUT2D eigenvalue weighted by molar-refractivity contribution is 5.21. The molecule has 4 nitrogen and oxygen atoms in total. The van der Waals surface area contributed by atoms with Crippen molar-refractivity contribution < 1.29 is 4.39 Å². The predicted molar refractivity (Wildman–Crippen MR) is 81.5 cm³/mol. The Kier molecular flexibility index (Phi) is 5.44. The number of rotatable bonds is 7. The van der Waals surface area contributed by atoms with Crippen LogP contribution in [0.1, 0.15) is 50.7 Å². The maximum absolute atomic E-state index is 13.1. The fourth-order valence-corrected chi connectivity index (χ4v) is 2.36. The smallest absolute Gasteiger partial charge is 0.138 e. The quantitative estimate of drug-likeness (QED) is 0.851. The van der Waals surface area contributed by atoms with Gasteiger partial charge in [-0.05, 0) is 44.5 Å². The standard InChI is InChI=1S/C16H23FN4/c1-4-9-18-15(13-5-7-14(17)8-6-13)10-16-19-11-20-21(16)12(2)3/h5-8,11-12,15,18H,4,9-10H2,1-3H3. The third kappa shape index (κ3) is 4.11. The molecule has 0 aliphatic rings. The molecule has 2 aromatic rings. The molecule has 0 aliphatic heterocycles. The van der Waals surface area contributed by atoms with Crippen molar-refractivity contribution in [3.05, 3.63) is 47.8 Å². The molecule has 0 aliphatic carbocycles. The maximum Gasteiger partial charge on any atom is 0.138 e. The summed E-state index contributed by atoms with van der Waals surface area (Å²) >= 11 is 0. The van der Waals surface area contributed by atoms with Gasteiger partial charge in [-0.15, -0.1) is 0 Å². The Labute approximate surface area is 125 Å². The number of nitrogens with one attached hydrogen (secondary N) is 1. The summed E-state index contributed by atoms with van der Waals surface area (Å²) < 4.78 is 15.0. The van der Waals surface area contributed by atoms with Gasteiger partial charge in [-0.25, -0.2) is 14.1 Å². The molecule has 1 heterocycles. The van der Waals surface area contributed by atoms with E-state index in [9.17, 15) is 4.39 Å². The van der Waals surface area contributed by atoms with E-state index in [1.54, 1.807) is 6.33 Å². The van der Waals surface area contributed by atoms with Crippen molar-refractivity contribution >= 4 is 0 Å². The first-order chi connectivity index (χ1) is 10.1. The van der Waals surface area contributed by atoms with Crippen LogP contribution < -0.4 is 5.32 Å². The average Bonchev–Trinajstić information content (AvgIpc) is 2.93. The zero-order valence-corrected chi connectivity index (χ0v) is 12.9. The highest BCUT2D eigenvalue weighted by atomic mass is 19.1. The molecule has 5 heteroatoms. The van der Waals surface area contributed by atoms with Crippen LogP contribution in [0.15, 0.2) is 30.6 Å². The fourth-order valence-electron chi connectivity index (χ4n) is 2.36. The van der Waals surface area contributed by atoms with Gasteiger partial charge in [0, 0.05) is 18.5 Å².